The average Bonchev–Trinajstić information content (AvgIpc) is 3.32. The zero-order chi connectivity index (χ0) is 64.5. The summed E-state index contributed by atoms with van der Waals surface area (Å²) in [4.78, 5) is 47.8. The van der Waals surface area contributed by atoms with Crippen LogP contribution in [0.15, 0.2) is 199 Å². The fourth-order valence-corrected chi connectivity index (χ4v) is 16.1. The molecule has 0 saturated carbocycles. The predicted octanol–water partition coefficient (Wildman–Crippen LogP) is 4.37. The Kier molecular flexibility index (Phi) is 42.0. The van der Waals surface area contributed by atoms with Crippen molar-refractivity contribution in [1.82, 2.24) is 0 Å². The second kappa shape index (κ2) is 43.1. The molecule has 3 unspecified atom stereocenters. The van der Waals surface area contributed by atoms with Crippen molar-refractivity contribution in [2.24, 2.45) is 0 Å². The summed E-state index contributed by atoms with van der Waals surface area (Å²) in [5.74, 6) is 0. The molecule has 0 aliphatic carbocycles. The van der Waals surface area contributed by atoms with Crippen molar-refractivity contribution < 1.29 is 236 Å². The maximum Gasteiger partial charge on any atom is 1.00 e. The van der Waals surface area contributed by atoms with Crippen LogP contribution in [0.25, 0.3) is 33.4 Å². The molecule has 474 valence electrons. The Bertz CT molecular complexity index is 3290. The van der Waals surface area contributed by atoms with Gasteiger partial charge in [-0.3, -0.25) is 13.7 Å². The molecule has 0 saturated heterocycles. The van der Waals surface area contributed by atoms with Gasteiger partial charge in [0.15, 0.2) is 15.0 Å². The molecule has 6 rings (SSSR count). The third kappa shape index (κ3) is 34.7. The van der Waals surface area contributed by atoms with E-state index in [4.69, 9.17) is 29.4 Å². The summed E-state index contributed by atoms with van der Waals surface area (Å²) < 4.78 is 133. The first-order valence-electron chi connectivity index (χ1n) is 28.1. The van der Waals surface area contributed by atoms with Crippen LogP contribution in [0.3, 0.4) is 0 Å². The molecule has 18 nitrogen and oxygen atoms in total. The summed E-state index contributed by atoms with van der Waals surface area (Å²) in [6.45, 7) is 5.88. The molecule has 6 aromatic rings. The Hall–Kier alpha value is -0.371. The summed E-state index contributed by atoms with van der Waals surface area (Å²) in [5.41, 5.74) is 13.9. The van der Waals surface area contributed by atoms with E-state index in [1.807, 2.05) is 93.6 Å². The maximum atomic E-state index is 11.2. The van der Waals surface area contributed by atoms with Gasteiger partial charge >= 0.3 is 177 Å². The second-order valence-electron chi connectivity index (χ2n) is 21.2. The molecule has 0 heterocycles. The smallest absolute Gasteiger partial charge is 0.747 e. The fraction of sp³-hybridized carbons (Fsp3) is 0.333. The van der Waals surface area contributed by atoms with Gasteiger partial charge in [0.25, 0.3) is 0 Å². The number of unbranched alkanes of at least 4 members (excludes halogenated alkanes) is 3. The summed E-state index contributed by atoms with van der Waals surface area (Å²) in [6, 6.07) is 55.5. The standard InChI is InChI=1S/3C21H27O6PS.3K/c3*1-17(7-5-6-10-21(28(22,23)24)29(25,26)27)11-12-18-13-15-20(16-14-18)19-8-3-2-4-9-19;;;/h3*2-4,7-9,13-16,21H,5-6,10-12H2,1H3,(H2,22,23,24)(H,25,26,27);;;/q;;;3*+1/p-3/b3*17-7+;;;. The third-order valence-electron chi connectivity index (χ3n) is 14.2. The predicted molar refractivity (Wildman–Crippen MR) is 340 cm³/mol. The van der Waals surface area contributed by atoms with E-state index >= 15 is 0 Å². The van der Waals surface area contributed by atoms with Gasteiger partial charge < -0.3 is 43.0 Å². The van der Waals surface area contributed by atoms with Gasteiger partial charge in [-0.2, -0.15) is 0 Å². The van der Waals surface area contributed by atoms with Gasteiger partial charge in [-0.15, -0.1) is 0 Å². The normalized spacial score (nSPS) is 13.5. The minimum absolute atomic E-state index is 0. The zero-order valence-corrected chi connectivity index (χ0v) is 66.3. The molecule has 0 amide bonds. The number of aryl methyl sites for hydroxylation is 3. The number of rotatable bonds is 30. The Morgan fingerprint density at radius 3 is 0.722 bits per heavy atom. The van der Waals surface area contributed by atoms with Crippen LogP contribution in [-0.4, -0.2) is 83.2 Å². The van der Waals surface area contributed by atoms with Gasteiger partial charge in [0.2, 0.25) is 0 Å². The van der Waals surface area contributed by atoms with E-state index in [-0.39, 0.29) is 193 Å². The van der Waals surface area contributed by atoms with Crippen molar-refractivity contribution in [1.29, 1.82) is 0 Å². The van der Waals surface area contributed by atoms with Crippen LogP contribution in [0.4, 0.5) is 0 Å². The summed E-state index contributed by atoms with van der Waals surface area (Å²) >= 11 is 0. The molecule has 0 aromatic heterocycles. The average molecular weight is 1430 g/mol. The quantitative estimate of drug-likeness (QED) is 0.0120. The molecule has 0 aliphatic rings. The molecule has 6 N–H and O–H groups in total. The summed E-state index contributed by atoms with van der Waals surface area (Å²) in [6.07, 6.45) is 11.8. The minimum atomic E-state index is -5.03. The van der Waals surface area contributed by atoms with Crippen molar-refractivity contribution in [2.75, 3.05) is 0 Å². The topological polar surface area (TPSA) is 344 Å². The van der Waals surface area contributed by atoms with Gasteiger partial charge in [-0.1, -0.05) is 199 Å². The molecule has 0 spiro atoms. The van der Waals surface area contributed by atoms with E-state index in [1.54, 1.807) is 0 Å². The van der Waals surface area contributed by atoms with Gasteiger partial charge in [0.05, 0.1) is 0 Å². The van der Waals surface area contributed by atoms with Crippen molar-refractivity contribution in [3.63, 3.8) is 0 Å². The van der Waals surface area contributed by atoms with E-state index in [0.29, 0.717) is 19.3 Å². The minimum Gasteiger partial charge on any atom is -0.747 e. The first-order valence-corrected chi connectivity index (χ1v) is 37.6. The zero-order valence-electron chi connectivity index (χ0n) is 51.8. The first kappa shape index (κ1) is 87.6. The van der Waals surface area contributed by atoms with Gasteiger partial charge in [0, 0.05) is 0 Å². The SMILES string of the molecule is C/C(=C\CCCC(P(=O)(O)O)S(=O)(=O)[O-])CCc1ccc(-c2ccccc2)cc1.C/C(=C\CCCC(P(=O)(O)O)S(=O)(=O)[O-])CCc1ccc(-c2ccccc2)cc1.C/C(=C\CCCC(P(=O)(O)O)S(=O)(=O)[O-])CCc1ccc(-c2ccccc2)cc1.[K+].[K+].[K+]. The van der Waals surface area contributed by atoms with Crippen LogP contribution in [0.1, 0.15) is 115 Å². The van der Waals surface area contributed by atoms with Crippen molar-refractivity contribution in [2.45, 2.75) is 132 Å². The van der Waals surface area contributed by atoms with E-state index in [0.717, 1.165) is 71.9 Å². The van der Waals surface area contributed by atoms with E-state index in [1.165, 1.54) is 33.4 Å². The van der Waals surface area contributed by atoms with Crippen molar-refractivity contribution >= 4 is 53.1 Å². The molecule has 0 fully saturated rings. The largest absolute Gasteiger partial charge is 1.00 e. The van der Waals surface area contributed by atoms with Crippen molar-refractivity contribution in [3.8, 4) is 33.4 Å². The maximum absolute atomic E-state index is 11.2. The molecule has 0 radical (unpaired) electrons. The van der Waals surface area contributed by atoms with Gasteiger partial charge in [-0.05, 0) is 167 Å². The molecular formula is C63H78K3O18P3S3. The molecular weight excluding hydrogens is 1350 g/mol. The van der Waals surface area contributed by atoms with Crippen molar-refractivity contribution in [3.05, 3.63) is 215 Å². The molecule has 27 heteroatoms. The monoisotopic (exact) mass is 1430 g/mol. The molecule has 0 aliphatic heterocycles. The third-order valence-corrected chi connectivity index (χ3v) is 24.7. The van der Waals surface area contributed by atoms with E-state index in [9.17, 15) is 52.6 Å². The first-order chi connectivity index (χ1) is 40.7. The molecule has 90 heavy (non-hydrogen) atoms. The molecule has 0 bridgehead atoms. The van der Waals surface area contributed by atoms with Crippen LogP contribution < -0.4 is 154 Å². The van der Waals surface area contributed by atoms with E-state index < -0.39 is 68.1 Å². The second-order valence-corrected chi connectivity index (χ2v) is 32.4. The van der Waals surface area contributed by atoms with Crippen LogP contribution in [-0.2, 0) is 63.3 Å². The Balaban J connectivity index is 0.000000664. The summed E-state index contributed by atoms with van der Waals surface area (Å²) in [7, 11) is -30.0. The van der Waals surface area contributed by atoms with Gasteiger partial charge in [-0.25, -0.2) is 25.3 Å². The molecule has 3 atom stereocenters. The van der Waals surface area contributed by atoms with Crippen LogP contribution in [0.5, 0.6) is 0 Å². The number of allylic oxidation sites excluding steroid dienone is 6. The molecule has 6 aromatic carbocycles. The van der Waals surface area contributed by atoms with E-state index in [2.05, 4.69) is 109 Å². The van der Waals surface area contributed by atoms with Gasteiger partial charge in [0.1, 0.15) is 30.4 Å². The van der Waals surface area contributed by atoms with Crippen LogP contribution >= 0.6 is 22.8 Å². The van der Waals surface area contributed by atoms with Crippen LogP contribution in [0.2, 0.25) is 0 Å². The number of benzene rings is 6. The number of hydrogen-bond acceptors (Lipinski definition) is 12. The van der Waals surface area contributed by atoms with Crippen LogP contribution in [0, 0.1) is 0 Å². The number of hydrogen-bond donors (Lipinski definition) is 6. The fourth-order valence-electron chi connectivity index (χ4n) is 9.18. The summed E-state index contributed by atoms with van der Waals surface area (Å²) in [5, 5.41) is 0. The Morgan fingerprint density at radius 2 is 0.544 bits per heavy atom. The Labute approximate surface area is 659 Å². The Morgan fingerprint density at radius 1 is 0.356 bits per heavy atom.